The molecule has 34 heavy (non-hydrogen) atoms. The summed E-state index contributed by atoms with van der Waals surface area (Å²) < 4.78 is 5.58. The van der Waals surface area contributed by atoms with Gasteiger partial charge in [-0.25, -0.2) is 4.79 Å². The standard InChI is InChI=1S/C27H30N2O5/c1-26(12-13-26)27(14-15-27)29-24(32)22(10-11-23(30)31)28-25(33)34-16-21-19-8-4-2-6-17(19)18-7-3-5-9-20(18)21/h2-9,21-22H,10-16H2,1H3,(H,28,33)(H,29,32)(H,30,31). The van der Waals surface area contributed by atoms with Gasteiger partial charge in [-0.05, 0) is 59.8 Å². The maximum atomic E-state index is 13.0. The molecular formula is C27H30N2O5. The van der Waals surface area contributed by atoms with Crippen LogP contribution in [0.4, 0.5) is 4.79 Å². The van der Waals surface area contributed by atoms with Crippen molar-refractivity contribution in [1.29, 1.82) is 0 Å². The maximum absolute atomic E-state index is 13.0. The van der Waals surface area contributed by atoms with Gasteiger partial charge in [0.2, 0.25) is 5.91 Å². The fourth-order valence-corrected chi connectivity index (χ4v) is 5.31. The predicted octanol–water partition coefficient (Wildman–Crippen LogP) is 4.21. The second-order valence-electron chi connectivity index (χ2n) is 10.1. The van der Waals surface area contributed by atoms with Crippen LogP contribution in [0.25, 0.3) is 11.1 Å². The Labute approximate surface area is 198 Å². The van der Waals surface area contributed by atoms with Crippen LogP contribution in [0.5, 0.6) is 0 Å². The van der Waals surface area contributed by atoms with Gasteiger partial charge in [-0.2, -0.15) is 0 Å². The number of amides is 2. The molecule has 3 aliphatic rings. The molecule has 2 amide bonds. The lowest BCUT2D eigenvalue weighted by atomic mass is 9.95. The van der Waals surface area contributed by atoms with Crippen LogP contribution in [0.2, 0.25) is 0 Å². The Kier molecular flexibility index (Phi) is 5.58. The summed E-state index contributed by atoms with van der Waals surface area (Å²) in [7, 11) is 0. The SMILES string of the molecule is CC1(C2(NC(=O)C(CCC(=O)O)NC(=O)OCC3c4ccccc4-c4ccccc43)CC2)CC1. The van der Waals surface area contributed by atoms with Gasteiger partial charge in [0.15, 0.2) is 0 Å². The number of carbonyl (C=O) groups excluding carboxylic acids is 2. The molecule has 7 nitrogen and oxygen atoms in total. The lowest BCUT2D eigenvalue weighted by Crippen LogP contribution is -2.53. The zero-order valence-electron chi connectivity index (χ0n) is 19.3. The number of rotatable bonds is 9. The minimum absolute atomic E-state index is 0.0121. The van der Waals surface area contributed by atoms with Gasteiger partial charge < -0.3 is 20.5 Å². The lowest BCUT2D eigenvalue weighted by molar-refractivity contribution is -0.137. The quantitative estimate of drug-likeness (QED) is 0.518. The van der Waals surface area contributed by atoms with Crippen LogP contribution in [-0.4, -0.2) is 41.3 Å². The number of ether oxygens (including phenoxy) is 1. The summed E-state index contributed by atoms with van der Waals surface area (Å²) in [5.41, 5.74) is 4.37. The van der Waals surface area contributed by atoms with Crippen molar-refractivity contribution in [3.63, 3.8) is 0 Å². The molecule has 3 N–H and O–H groups in total. The number of alkyl carbamates (subject to hydrolysis) is 1. The van der Waals surface area contributed by atoms with Crippen LogP contribution in [0.1, 0.15) is 62.5 Å². The Morgan fingerprint density at radius 1 is 1.00 bits per heavy atom. The van der Waals surface area contributed by atoms with Crippen LogP contribution in [-0.2, 0) is 14.3 Å². The summed E-state index contributed by atoms with van der Waals surface area (Å²) in [5, 5.41) is 14.9. The Balaban J connectivity index is 1.24. The van der Waals surface area contributed by atoms with Crippen molar-refractivity contribution in [3.05, 3.63) is 59.7 Å². The number of hydrogen-bond acceptors (Lipinski definition) is 4. The molecule has 0 radical (unpaired) electrons. The summed E-state index contributed by atoms with van der Waals surface area (Å²) in [6, 6.07) is 15.2. The molecule has 5 rings (SSSR count). The van der Waals surface area contributed by atoms with E-state index >= 15 is 0 Å². The van der Waals surface area contributed by atoms with E-state index in [2.05, 4.69) is 29.7 Å². The first-order valence-electron chi connectivity index (χ1n) is 12.0. The van der Waals surface area contributed by atoms with Crippen molar-refractivity contribution in [1.82, 2.24) is 10.6 Å². The Hall–Kier alpha value is -3.35. The third kappa shape index (κ3) is 4.15. The van der Waals surface area contributed by atoms with Gasteiger partial charge in [-0.15, -0.1) is 0 Å². The number of carbonyl (C=O) groups is 3. The van der Waals surface area contributed by atoms with E-state index in [4.69, 9.17) is 9.84 Å². The Bertz CT molecular complexity index is 1090. The maximum Gasteiger partial charge on any atom is 0.407 e. The van der Waals surface area contributed by atoms with E-state index < -0.39 is 18.1 Å². The number of carboxylic acid groups (broad SMARTS) is 1. The van der Waals surface area contributed by atoms with Crippen molar-refractivity contribution in [3.8, 4) is 11.1 Å². The molecule has 0 heterocycles. The van der Waals surface area contributed by atoms with E-state index in [0.717, 1.165) is 47.9 Å². The average molecular weight is 463 g/mol. The molecule has 0 saturated heterocycles. The molecule has 7 heteroatoms. The normalized spacial score (nSPS) is 19.3. The smallest absolute Gasteiger partial charge is 0.407 e. The van der Waals surface area contributed by atoms with E-state index in [1.54, 1.807) is 0 Å². The number of carboxylic acids is 1. The monoisotopic (exact) mass is 462 g/mol. The topological polar surface area (TPSA) is 105 Å². The van der Waals surface area contributed by atoms with Gasteiger partial charge in [-0.3, -0.25) is 9.59 Å². The molecule has 0 aromatic heterocycles. The highest BCUT2D eigenvalue weighted by molar-refractivity contribution is 5.87. The van der Waals surface area contributed by atoms with E-state index in [9.17, 15) is 14.4 Å². The molecule has 178 valence electrons. The first-order valence-corrected chi connectivity index (χ1v) is 12.0. The molecule has 1 atom stereocenters. The summed E-state index contributed by atoms with van der Waals surface area (Å²) in [5.74, 6) is -1.43. The molecule has 2 aromatic rings. The fraction of sp³-hybridized carbons (Fsp3) is 0.444. The third-order valence-corrected chi connectivity index (χ3v) is 7.87. The first-order chi connectivity index (χ1) is 16.3. The largest absolute Gasteiger partial charge is 0.481 e. The summed E-state index contributed by atoms with van der Waals surface area (Å²) >= 11 is 0. The molecule has 0 bridgehead atoms. The molecule has 3 aliphatic carbocycles. The minimum atomic E-state index is -1.01. The van der Waals surface area contributed by atoms with Gasteiger partial charge in [-0.1, -0.05) is 55.5 Å². The summed E-state index contributed by atoms with van der Waals surface area (Å²) in [6.45, 7) is 2.31. The first kappa shape index (κ1) is 22.4. The number of fused-ring (bicyclic) bond motifs is 3. The average Bonchev–Trinajstić information content (AvgIpc) is 3.74. The van der Waals surface area contributed by atoms with Gasteiger partial charge in [0.05, 0.1) is 0 Å². The lowest BCUT2D eigenvalue weighted by Gasteiger charge is -2.27. The molecule has 1 unspecified atom stereocenters. The van der Waals surface area contributed by atoms with Crippen LogP contribution in [0.3, 0.4) is 0 Å². The van der Waals surface area contributed by atoms with Gasteiger partial charge in [0.1, 0.15) is 12.6 Å². The molecule has 0 aliphatic heterocycles. The zero-order valence-corrected chi connectivity index (χ0v) is 19.3. The van der Waals surface area contributed by atoms with Gasteiger partial charge >= 0.3 is 12.1 Å². The summed E-state index contributed by atoms with van der Waals surface area (Å²) in [4.78, 5) is 36.9. The highest BCUT2D eigenvalue weighted by Gasteiger charge is 2.63. The third-order valence-electron chi connectivity index (χ3n) is 7.87. The second-order valence-corrected chi connectivity index (χ2v) is 10.1. The number of aliphatic carboxylic acids is 1. The molecule has 2 saturated carbocycles. The van der Waals surface area contributed by atoms with Crippen LogP contribution >= 0.6 is 0 Å². The molecule has 0 spiro atoms. The molecule has 2 aromatic carbocycles. The van der Waals surface area contributed by atoms with Gasteiger partial charge in [0.25, 0.3) is 0 Å². The van der Waals surface area contributed by atoms with Crippen molar-refractivity contribution in [2.45, 2.75) is 62.9 Å². The molecular weight excluding hydrogens is 432 g/mol. The van der Waals surface area contributed by atoms with Crippen molar-refractivity contribution in [2.24, 2.45) is 5.41 Å². The minimum Gasteiger partial charge on any atom is -0.481 e. The van der Waals surface area contributed by atoms with Crippen molar-refractivity contribution < 1.29 is 24.2 Å². The van der Waals surface area contributed by atoms with E-state index in [1.807, 2.05) is 36.4 Å². The number of nitrogens with one attached hydrogen (secondary N) is 2. The molecule has 2 fully saturated rings. The van der Waals surface area contributed by atoms with Crippen LogP contribution < -0.4 is 10.6 Å². The highest BCUT2D eigenvalue weighted by atomic mass is 16.5. The van der Waals surface area contributed by atoms with E-state index in [-0.39, 0.29) is 42.2 Å². The Morgan fingerprint density at radius 3 is 2.12 bits per heavy atom. The summed E-state index contributed by atoms with van der Waals surface area (Å²) in [6.07, 6.45) is 3.08. The zero-order chi connectivity index (χ0) is 23.9. The van der Waals surface area contributed by atoms with E-state index in [1.165, 1.54) is 0 Å². The second kappa shape index (κ2) is 8.46. The predicted molar refractivity (Wildman–Crippen MR) is 126 cm³/mol. The van der Waals surface area contributed by atoms with Crippen molar-refractivity contribution in [2.75, 3.05) is 6.61 Å². The number of hydrogen-bond donors (Lipinski definition) is 3. The Morgan fingerprint density at radius 2 is 1.59 bits per heavy atom. The van der Waals surface area contributed by atoms with Crippen LogP contribution in [0.15, 0.2) is 48.5 Å². The highest BCUT2D eigenvalue weighted by Crippen LogP contribution is 2.63. The van der Waals surface area contributed by atoms with Crippen molar-refractivity contribution >= 4 is 18.0 Å². The fourth-order valence-electron chi connectivity index (χ4n) is 5.31. The number of benzene rings is 2. The van der Waals surface area contributed by atoms with Crippen LogP contribution in [0, 0.1) is 5.41 Å². The van der Waals surface area contributed by atoms with E-state index in [0.29, 0.717) is 0 Å². The van der Waals surface area contributed by atoms with Gasteiger partial charge in [0, 0.05) is 17.9 Å².